The molecular formula is C13H22N4O2. The number of rotatable bonds is 3. The summed E-state index contributed by atoms with van der Waals surface area (Å²) in [4.78, 5) is 15.8. The summed E-state index contributed by atoms with van der Waals surface area (Å²) in [6.07, 6.45) is 1.43. The molecule has 1 fully saturated rings. The zero-order chi connectivity index (χ0) is 14.2. The van der Waals surface area contributed by atoms with Gasteiger partial charge < -0.3 is 5.11 Å². The highest BCUT2D eigenvalue weighted by molar-refractivity contribution is 5.88. The summed E-state index contributed by atoms with van der Waals surface area (Å²) in [5.41, 5.74) is 1.19. The minimum Gasteiger partial charge on any atom is -0.478 e. The molecule has 1 saturated heterocycles. The second kappa shape index (κ2) is 4.94. The van der Waals surface area contributed by atoms with Crippen molar-refractivity contribution in [3.8, 4) is 0 Å². The first-order valence-electron chi connectivity index (χ1n) is 6.49. The van der Waals surface area contributed by atoms with Crippen molar-refractivity contribution in [1.29, 1.82) is 0 Å². The van der Waals surface area contributed by atoms with Gasteiger partial charge in [0.05, 0.1) is 11.9 Å². The van der Waals surface area contributed by atoms with Crippen LogP contribution >= 0.6 is 0 Å². The molecule has 1 aliphatic heterocycles. The molecule has 0 aromatic carbocycles. The highest BCUT2D eigenvalue weighted by Crippen LogP contribution is 2.21. The Kier molecular flexibility index (Phi) is 3.64. The van der Waals surface area contributed by atoms with E-state index in [1.54, 1.807) is 11.7 Å². The predicted octanol–water partition coefficient (Wildman–Crippen LogP) is 0.644. The summed E-state index contributed by atoms with van der Waals surface area (Å²) in [6.45, 7) is 7.92. The molecule has 1 aromatic rings. The summed E-state index contributed by atoms with van der Waals surface area (Å²) in [7, 11) is 3.92. The number of aromatic nitrogens is 2. The van der Waals surface area contributed by atoms with Crippen molar-refractivity contribution in [3.05, 3.63) is 17.5 Å². The van der Waals surface area contributed by atoms with Crippen LogP contribution in [0.2, 0.25) is 0 Å². The maximum atomic E-state index is 11.2. The van der Waals surface area contributed by atoms with Gasteiger partial charge in [0.15, 0.2) is 0 Å². The van der Waals surface area contributed by atoms with Gasteiger partial charge in [-0.15, -0.1) is 0 Å². The van der Waals surface area contributed by atoms with Crippen LogP contribution in [0, 0.1) is 0 Å². The van der Waals surface area contributed by atoms with E-state index in [0.717, 1.165) is 25.3 Å². The van der Waals surface area contributed by atoms with Crippen molar-refractivity contribution in [2.24, 2.45) is 7.05 Å². The van der Waals surface area contributed by atoms with Crippen LogP contribution in [0.25, 0.3) is 0 Å². The third kappa shape index (κ3) is 2.79. The molecule has 2 heterocycles. The predicted molar refractivity (Wildman–Crippen MR) is 72.2 cm³/mol. The van der Waals surface area contributed by atoms with Crippen LogP contribution in [0.1, 0.15) is 29.9 Å². The number of likely N-dealkylation sites (N-methyl/N-ethyl adjacent to an activating group) is 1. The van der Waals surface area contributed by atoms with Gasteiger partial charge in [0.25, 0.3) is 0 Å². The SMILES string of the molecule is CN1CCN(Cc2c(C(=O)O)cnn2C)CC1(C)C. The zero-order valence-electron chi connectivity index (χ0n) is 12.1. The summed E-state index contributed by atoms with van der Waals surface area (Å²) in [5.74, 6) is -0.906. The van der Waals surface area contributed by atoms with Crippen LogP contribution in [0.3, 0.4) is 0 Å². The number of nitrogens with zero attached hydrogens (tertiary/aromatic N) is 4. The molecule has 0 radical (unpaired) electrons. The van der Waals surface area contributed by atoms with Crippen molar-refractivity contribution >= 4 is 5.97 Å². The van der Waals surface area contributed by atoms with E-state index in [2.05, 4.69) is 35.8 Å². The Hall–Kier alpha value is -1.40. The quantitative estimate of drug-likeness (QED) is 0.870. The normalized spacial score (nSPS) is 20.6. The standard InChI is InChI=1S/C13H22N4O2/c1-13(2)9-17(6-5-15(13)3)8-11-10(12(18)19)7-14-16(11)4/h7H,5-6,8-9H2,1-4H3,(H,18,19). The number of carboxylic acid groups (broad SMARTS) is 1. The monoisotopic (exact) mass is 266 g/mol. The van der Waals surface area contributed by atoms with Crippen LogP contribution < -0.4 is 0 Å². The van der Waals surface area contributed by atoms with Crippen molar-refractivity contribution in [2.45, 2.75) is 25.9 Å². The van der Waals surface area contributed by atoms with E-state index in [-0.39, 0.29) is 5.54 Å². The Morgan fingerprint density at radius 2 is 2.11 bits per heavy atom. The molecule has 1 aliphatic rings. The van der Waals surface area contributed by atoms with E-state index in [1.807, 2.05) is 0 Å². The third-order valence-electron chi connectivity index (χ3n) is 4.06. The van der Waals surface area contributed by atoms with E-state index in [0.29, 0.717) is 12.1 Å². The lowest BCUT2D eigenvalue weighted by Gasteiger charge is -2.45. The van der Waals surface area contributed by atoms with Gasteiger partial charge in [-0.05, 0) is 20.9 Å². The van der Waals surface area contributed by atoms with E-state index in [4.69, 9.17) is 0 Å². The lowest BCUT2D eigenvalue weighted by molar-refractivity contribution is 0.0345. The average Bonchev–Trinajstić information content (AvgIpc) is 2.66. The average molecular weight is 266 g/mol. The molecule has 0 saturated carbocycles. The highest BCUT2D eigenvalue weighted by Gasteiger charge is 2.31. The van der Waals surface area contributed by atoms with Gasteiger partial charge >= 0.3 is 5.97 Å². The summed E-state index contributed by atoms with van der Waals surface area (Å²) < 4.78 is 1.66. The largest absolute Gasteiger partial charge is 0.478 e. The van der Waals surface area contributed by atoms with Gasteiger partial charge in [-0.2, -0.15) is 5.10 Å². The van der Waals surface area contributed by atoms with Gasteiger partial charge in [-0.1, -0.05) is 0 Å². The van der Waals surface area contributed by atoms with Crippen LogP contribution in [0.5, 0.6) is 0 Å². The smallest absolute Gasteiger partial charge is 0.339 e. The fraction of sp³-hybridized carbons (Fsp3) is 0.692. The maximum absolute atomic E-state index is 11.2. The summed E-state index contributed by atoms with van der Waals surface area (Å²) in [6, 6.07) is 0. The second-order valence-corrected chi connectivity index (χ2v) is 5.88. The number of carboxylic acids is 1. The number of aryl methyl sites for hydroxylation is 1. The van der Waals surface area contributed by atoms with Gasteiger partial charge in [0, 0.05) is 38.8 Å². The number of hydrogen-bond acceptors (Lipinski definition) is 4. The number of hydrogen-bond donors (Lipinski definition) is 1. The van der Waals surface area contributed by atoms with Crippen molar-refractivity contribution in [1.82, 2.24) is 19.6 Å². The molecule has 0 spiro atoms. The fourth-order valence-electron chi connectivity index (χ4n) is 2.52. The van der Waals surface area contributed by atoms with Gasteiger partial charge in [-0.25, -0.2) is 4.79 Å². The van der Waals surface area contributed by atoms with Crippen molar-refractivity contribution < 1.29 is 9.90 Å². The Balaban J connectivity index is 2.14. The van der Waals surface area contributed by atoms with Gasteiger partial charge in [0.2, 0.25) is 0 Å². The molecular weight excluding hydrogens is 244 g/mol. The molecule has 0 bridgehead atoms. The molecule has 6 nitrogen and oxygen atoms in total. The van der Waals surface area contributed by atoms with E-state index >= 15 is 0 Å². The van der Waals surface area contributed by atoms with Crippen LogP contribution in [-0.2, 0) is 13.6 Å². The lowest BCUT2D eigenvalue weighted by atomic mass is 9.99. The Bertz CT molecular complexity index is 481. The molecule has 0 aliphatic carbocycles. The first-order chi connectivity index (χ1) is 8.81. The Morgan fingerprint density at radius 1 is 1.42 bits per heavy atom. The van der Waals surface area contributed by atoms with E-state index in [1.165, 1.54) is 6.20 Å². The van der Waals surface area contributed by atoms with Crippen LogP contribution in [0.15, 0.2) is 6.20 Å². The van der Waals surface area contributed by atoms with Crippen molar-refractivity contribution in [3.63, 3.8) is 0 Å². The first-order valence-corrected chi connectivity index (χ1v) is 6.49. The maximum Gasteiger partial charge on any atom is 0.339 e. The zero-order valence-corrected chi connectivity index (χ0v) is 12.1. The summed E-state index contributed by atoms with van der Waals surface area (Å²) in [5, 5.41) is 13.2. The third-order valence-corrected chi connectivity index (χ3v) is 4.06. The molecule has 106 valence electrons. The van der Waals surface area contributed by atoms with E-state index < -0.39 is 5.97 Å². The Labute approximate surface area is 113 Å². The molecule has 0 atom stereocenters. The topological polar surface area (TPSA) is 61.6 Å². The van der Waals surface area contributed by atoms with Crippen molar-refractivity contribution in [2.75, 3.05) is 26.7 Å². The van der Waals surface area contributed by atoms with Crippen LogP contribution in [0.4, 0.5) is 0 Å². The molecule has 2 rings (SSSR count). The second-order valence-electron chi connectivity index (χ2n) is 5.88. The Morgan fingerprint density at radius 3 is 2.68 bits per heavy atom. The van der Waals surface area contributed by atoms with E-state index in [9.17, 15) is 9.90 Å². The fourth-order valence-corrected chi connectivity index (χ4v) is 2.52. The van der Waals surface area contributed by atoms with Gasteiger partial charge in [-0.3, -0.25) is 14.5 Å². The number of piperazine rings is 1. The highest BCUT2D eigenvalue weighted by atomic mass is 16.4. The molecule has 19 heavy (non-hydrogen) atoms. The first kappa shape index (κ1) is 14.0. The minimum atomic E-state index is -0.906. The number of carbonyl (C=O) groups is 1. The summed E-state index contributed by atoms with van der Waals surface area (Å²) >= 11 is 0. The van der Waals surface area contributed by atoms with Crippen LogP contribution in [-0.4, -0.2) is 62.9 Å². The molecule has 6 heteroatoms. The lowest BCUT2D eigenvalue weighted by Crippen LogP contribution is -2.57. The number of aromatic carboxylic acids is 1. The molecule has 0 unspecified atom stereocenters. The molecule has 1 N–H and O–H groups in total. The minimum absolute atomic E-state index is 0.111. The molecule has 1 aromatic heterocycles. The molecule has 0 amide bonds. The van der Waals surface area contributed by atoms with Gasteiger partial charge in [0.1, 0.15) is 5.56 Å².